The number of pyridine rings is 1. The fourth-order valence-corrected chi connectivity index (χ4v) is 4.07. The molecule has 0 spiro atoms. The number of rotatable bonds is 4. The summed E-state index contributed by atoms with van der Waals surface area (Å²) in [6.45, 7) is 6.13. The Hall–Kier alpha value is -2.73. The van der Waals surface area contributed by atoms with Crippen molar-refractivity contribution in [2.45, 2.75) is 19.8 Å². The van der Waals surface area contributed by atoms with Crippen molar-refractivity contribution in [3.8, 4) is 11.3 Å². The summed E-state index contributed by atoms with van der Waals surface area (Å²) < 4.78 is 0. The van der Waals surface area contributed by atoms with Crippen molar-refractivity contribution in [3.05, 3.63) is 59.7 Å². The van der Waals surface area contributed by atoms with E-state index >= 15 is 0 Å². The van der Waals surface area contributed by atoms with E-state index < -0.39 is 0 Å². The summed E-state index contributed by atoms with van der Waals surface area (Å²) in [4.78, 5) is 25.3. The van der Waals surface area contributed by atoms with Gasteiger partial charge in [-0.15, -0.1) is 11.3 Å². The quantitative estimate of drug-likeness (QED) is 0.683. The van der Waals surface area contributed by atoms with Crippen LogP contribution in [0.5, 0.6) is 0 Å². The van der Waals surface area contributed by atoms with Gasteiger partial charge in [0.05, 0.1) is 24.1 Å². The molecule has 0 saturated carbocycles. The monoisotopic (exact) mass is 378 g/mol. The molecule has 0 aliphatic carbocycles. The Bertz CT molecular complexity index is 921. The first kappa shape index (κ1) is 17.7. The minimum atomic E-state index is 0.0762. The molecule has 4 rings (SSSR count). The molecule has 6 heteroatoms. The summed E-state index contributed by atoms with van der Waals surface area (Å²) >= 11 is 1.59. The van der Waals surface area contributed by atoms with Crippen LogP contribution >= 0.6 is 11.3 Å². The third-order valence-corrected chi connectivity index (χ3v) is 5.72. The molecule has 1 aliphatic rings. The molecule has 2 aromatic heterocycles. The molecule has 1 aromatic carbocycles. The van der Waals surface area contributed by atoms with E-state index in [0.29, 0.717) is 19.0 Å². The molecular formula is C21H22N4OS. The Kier molecular flexibility index (Phi) is 4.90. The summed E-state index contributed by atoms with van der Waals surface area (Å²) in [5.74, 6) is 0.597. The van der Waals surface area contributed by atoms with Crippen LogP contribution in [0.4, 0.5) is 10.8 Å². The van der Waals surface area contributed by atoms with Gasteiger partial charge in [0.15, 0.2) is 5.13 Å². The van der Waals surface area contributed by atoms with E-state index in [0.717, 1.165) is 28.6 Å². The average molecular weight is 379 g/mol. The third kappa shape index (κ3) is 3.71. The number of anilines is 2. The molecule has 138 valence electrons. The van der Waals surface area contributed by atoms with Crippen molar-refractivity contribution in [2.75, 3.05) is 29.4 Å². The Morgan fingerprint density at radius 3 is 2.59 bits per heavy atom. The summed E-state index contributed by atoms with van der Waals surface area (Å²) in [5.41, 5.74) is 4.26. The second-order valence-electron chi connectivity index (χ2n) is 6.97. The number of benzene rings is 1. The first-order valence-corrected chi connectivity index (χ1v) is 10.0. The van der Waals surface area contributed by atoms with Gasteiger partial charge in [-0.25, -0.2) is 4.98 Å². The number of piperazine rings is 1. The van der Waals surface area contributed by atoms with Gasteiger partial charge in [0.1, 0.15) is 0 Å². The SMILES string of the molecule is CC(C)c1ccc(-c2csc(N3CCN(c4cccnc4)C(=O)C3)n2)cc1. The fraction of sp³-hybridized carbons (Fsp3) is 0.286. The van der Waals surface area contributed by atoms with Crippen molar-refractivity contribution < 1.29 is 4.79 Å². The molecule has 0 bridgehead atoms. The molecule has 1 fully saturated rings. The van der Waals surface area contributed by atoms with Crippen LogP contribution in [-0.2, 0) is 4.79 Å². The Labute approximate surface area is 163 Å². The van der Waals surface area contributed by atoms with E-state index in [1.54, 1.807) is 28.6 Å². The van der Waals surface area contributed by atoms with Gasteiger partial charge in [-0.2, -0.15) is 0 Å². The van der Waals surface area contributed by atoms with Crippen LogP contribution in [0.2, 0.25) is 0 Å². The number of nitrogens with zero attached hydrogens (tertiary/aromatic N) is 4. The normalized spacial score (nSPS) is 14.9. The number of aromatic nitrogens is 2. The minimum absolute atomic E-state index is 0.0762. The third-order valence-electron chi connectivity index (χ3n) is 4.81. The fourth-order valence-electron chi connectivity index (χ4n) is 3.20. The van der Waals surface area contributed by atoms with Crippen LogP contribution in [0.15, 0.2) is 54.2 Å². The van der Waals surface area contributed by atoms with Crippen molar-refractivity contribution in [1.29, 1.82) is 0 Å². The van der Waals surface area contributed by atoms with Gasteiger partial charge in [0.2, 0.25) is 5.91 Å². The van der Waals surface area contributed by atoms with Gasteiger partial charge in [-0.1, -0.05) is 38.1 Å². The van der Waals surface area contributed by atoms with Gasteiger partial charge < -0.3 is 9.80 Å². The molecule has 27 heavy (non-hydrogen) atoms. The van der Waals surface area contributed by atoms with E-state index in [2.05, 4.69) is 53.4 Å². The first-order chi connectivity index (χ1) is 13.1. The first-order valence-electron chi connectivity index (χ1n) is 9.13. The highest BCUT2D eigenvalue weighted by atomic mass is 32.1. The molecule has 0 atom stereocenters. The highest BCUT2D eigenvalue weighted by Gasteiger charge is 2.26. The van der Waals surface area contributed by atoms with Crippen molar-refractivity contribution in [1.82, 2.24) is 9.97 Å². The minimum Gasteiger partial charge on any atom is -0.337 e. The molecule has 0 unspecified atom stereocenters. The zero-order chi connectivity index (χ0) is 18.8. The molecule has 1 aliphatic heterocycles. The molecule has 5 nitrogen and oxygen atoms in total. The van der Waals surface area contributed by atoms with E-state index in [1.807, 2.05) is 12.1 Å². The second kappa shape index (κ2) is 7.48. The molecule has 1 saturated heterocycles. The Balaban J connectivity index is 1.47. The highest BCUT2D eigenvalue weighted by Crippen LogP contribution is 2.29. The van der Waals surface area contributed by atoms with Crippen molar-refractivity contribution in [3.63, 3.8) is 0 Å². The van der Waals surface area contributed by atoms with Gasteiger partial charge in [-0.3, -0.25) is 9.78 Å². The van der Waals surface area contributed by atoms with Crippen LogP contribution in [0.25, 0.3) is 11.3 Å². The predicted molar refractivity (Wildman–Crippen MR) is 110 cm³/mol. The molecule has 1 amide bonds. The van der Waals surface area contributed by atoms with E-state index in [4.69, 9.17) is 4.98 Å². The lowest BCUT2D eigenvalue weighted by Gasteiger charge is -2.33. The molecule has 0 radical (unpaired) electrons. The average Bonchev–Trinajstić information content (AvgIpc) is 3.19. The van der Waals surface area contributed by atoms with Crippen LogP contribution in [-0.4, -0.2) is 35.5 Å². The van der Waals surface area contributed by atoms with Gasteiger partial charge in [0, 0.05) is 30.2 Å². The number of carbonyl (C=O) groups is 1. The van der Waals surface area contributed by atoms with E-state index in [9.17, 15) is 4.79 Å². The maximum Gasteiger partial charge on any atom is 0.246 e. The number of hydrogen-bond acceptors (Lipinski definition) is 5. The van der Waals surface area contributed by atoms with E-state index in [1.165, 1.54) is 5.56 Å². The van der Waals surface area contributed by atoms with Crippen molar-refractivity contribution >= 4 is 28.1 Å². The maximum atomic E-state index is 12.6. The zero-order valence-corrected chi connectivity index (χ0v) is 16.3. The molecule has 3 aromatic rings. The lowest BCUT2D eigenvalue weighted by molar-refractivity contribution is -0.117. The number of amides is 1. The summed E-state index contributed by atoms with van der Waals surface area (Å²) in [7, 11) is 0. The van der Waals surface area contributed by atoms with E-state index in [-0.39, 0.29) is 5.91 Å². The van der Waals surface area contributed by atoms with Crippen LogP contribution in [0, 0.1) is 0 Å². The molecular weight excluding hydrogens is 356 g/mol. The maximum absolute atomic E-state index is 12.6. The Morgan fingerprint density at radius 1 is 1.11 bits per heavy atom. The topological polar surface area (TPSA) is 49.3 Å². The second-order valence-corrected chi connectivity index (χ2v) is 7.81. The summed E-state index contributed by atoms with van der Waals surface area (Å²) in [5, 5.41) is 2.97. The molecule has 0 N–H and O–H groups in total. The summed E-state index contributed by atoms with van der Waals surface area (Å²) in [6.07, 6.45) is 3.45. The lowest BCUT2D eigenvalue weighted by Crippen LogP contribution is -2.50. The van der Waals surface area contributed by atoms with Crippen LogP contribution in [0.1, 0.15) is 25.3 Å². The highest BCUT2D eigenvalue weighted by molar-refractivity contribution is 7.14. The summed E-state index contributed by atoms with van der Waals surface area (Å²) in [6, 6.07) is 12.3. The Morgan fingerprint density at radius 2 is 1.93 bits per heavy atom. The van der Waals surface area contributed by atoms with Crippen LogP contribution in [0.3, 0.4) is 0 Å². The predicted octanol–water partition coefficient (Wildman–Crippen LogP) is 4.18. The number of hydrogen-bond donors (Lipinski definition) is 0. The largest absolute Gasteiger partial charge is 0.337 e. The number of thiazole rings is 1. The zero-order valence-electron chi connectivity index (χ0n) is 15.5. The van der Waals surface area contributed by atoms with Crippen molar-refractivity contribution in [2.24, 2.45) is 0 Å². The van der Waals surface area contributed by atoms with Gasteiger partial charge >= 0.3 is 0 Å². The number of carbonyl (C=O) groups excluding carboxylic acids is 1. The standard InChI is InChI=1S/C21H22N4OS/c1-15(2)16-5-7-17(8-6-16)19-14-27-21(23-19)24-10-11-25(20(26)13-24)18-4-3-9-22-12-18/h3-9,12,14-15H,10-11,13H2,1-2H3. The molecule has 3 heterocycles. The lowest BCUT2D eigenvalue weighted by atomic mass is 10.0. The van der Waals surface area contributed by atoms with Gasteiger partial charge in [-0.05, 0) is 23.6 Å². The van der Waals surface area contributed by atoms with Gasteiger partial charge in [0.25, 0.3) is 0 Å². The smallest absolute Gasteiger partial charge is 0.246 e. The van der Waals surface area contributed by atoms with Crippen LogP contribution < -0.4 is 9.80 Å².